The van der Waals surface area contributed by atoms with Gasteiger partial charge in [-0.05, 0) is 29.3 Å². The van der Waals surface area contributed by atoms with E-state index in [2.05, 4.69) is 10.1 Å². The molecule has 0 atom stereocenters. The maximum absolute atomic E-state index is 12.3. The minimum absolute atomic E-state index is 0.0351. The first-order valence-electron chi connectivity index (χ1n) is 6.75. The Hall–Kier alpha value is -2.95. The molecule has 1 aliphatic rings. The van der Waals surface area contributed by atoms with E-state index in [1.54, 1.807) is 24.3 Å². The average molecular weight is 295 g/mol. The quantitative estimate of drug-likeness (QED) is 0.748. The number of ether oxygens (including phenoxy) is 1. The molecule has 0 aliphatic heterocycles. The molecule has 5 heteroatoms. The molecular formula is C17H13NO4. The highest BCUT2D eigenvalue weighted by molar-refractivity contribution is 6.22. The summed E-state index contributed by atoms with van der Waals surface area (Å²) in [7, 11) is 1.26. The molecule has 2 aromatic rings. The summed E-state index contributed by atoms with van der Waals surface area (Å²) in [6, 6.07) is 12.2. The van der Waals surface area contributed by atoms with E-state index in [9.17, 15) is 14.4 Å². The van der Waals surface area contributed by atoms with Crippen LogP contribution in [0, 0.1) is 0 Å². The second-order valence-electron chi connectivity index (χ2n) is 4.89. The van der Waals surface area contributed by atoms with Gasteiger partial charge < -0.3 is 10.1 Å². The lowest BCUT2D eigenvalue weighted by Gasteiger charge is -2.06. The van der Waals surface area contributed by atoms with Crippen molar-refractivity contribution < 1.29 is 19.1 Å². The summed E-state index contributed by atoms with van der Waals surface area (Å²) in [6.45, 7) is -0.193. The van der Waals surface area contributed by atoms with Crippen molar-refractivity contribution in [2.75, 3.05) is 13.7 Å². The lowest BCUT2D eigenvalue weighted by Crippen LogP contribution is -2.30. The normalized spacial score (nSPS) is 11.6. The molecule has 0 radical (unpaired) electrons. The van der Waals surface area contributed by atoms with Crippen molar-refractivity contribution in [2.45, 2.75) is 0 Å². The SMILES string of the molecule is COC(=O)CNC(=O)c1ccc2c(c1)-c1ccccc1C2=O. The molecule has 1 aliphatic carbocycles. The Kier molecular flexibility index (Phi) is 3.47. The fraction of sp³-hybridized carbons (Fsp3) is 0.118. The minimum Gasteiger partial charge on any atom is -0.468 e. The third-order valence-corrected chi connectivity index (χ3v) is 3.61. The molecule has 5 nitrogen and oxygen atoms in total. The molecule has 1 amide bonds. The van der Waals surface area contributed by atoms with Gasteiger partial charge >= 0.3 is 5.97 Å². The lowest BCUT2D eigenvalue weighted by molar-refractivity contribution is -0.139. The van der Waals surface area contributed by atoms with Gasteiger partial charge in [-0.3, -0.25) is 14.4 Å². The molecular weight excluding hydrogens is 282 g/mol. The van der Waals surface area contributed by atoms with Crippen LogP contribution in [0.4, 0.5) is 0 Å². The number of methoxy groups -OCH3 is 1. The van der Waals surface area contributed by atoms with Crippen molar-refractivity contribution in [3.8, 4) is 11.1 Å². The van der Waals surface area contributed by atoms with E-state index in [1.807, 2.05) is 18.2 Å². The first-order valence-corrected chi connectivity index (χ1v) is 6.75. The van der Waals surface area contributed by atoms with Crippen LogP contribution >= 0.6 is 0 Å². The number of fused-ring (bicyclic) bond motifs is 3. The summed E-state index contributed by atoms with van der Waals surface area (Å²) in [5.74, 6) is -0.938. The van der Waals surface area contributed by atoms with E-state index in [4.69, 9.17) is 0 Å². The average Bonchev–Trinajstić information content (AvgIpc) is 2.85. The number of carbonyl (C=O) groups is 3. The summed E-state index contributed by atoms with van der Waals surface area (Å²) >= 11 is 0. The Morgan fingerprint density at radius 1 is 1.00 bits per heavy atom. The van der Waals surface area contributed by atoms with Crippen molar-refractivity contribution in [1.29, 1.82) is 0 Å². The van der Waals surface area contributed by atoms with Crippen molar-refractivity contribution in [3.63, 3.8) is 0 Å². The van der Waals surface area contributed by atoms with Crippen LogP contribution in [0.2, 0.25) is 0 Å². The summed E-state index contributed by atoms with van der Waals surface area (Å²) in [5, 5.41) is 2.48. The van der Waals surface area contributed by atoms with Gasteiger partial charge in [-0.1, -0.05) is 24.3 Å². The Balaban J connectivity index is 1.91. The van der Waals surface area contributed by atoms with Gasteiger partial charge in [-0.2, -0.15) is 0 Å². The highest BCUT2D eigenvalue weighted by atomic mass is 16.5. The van der Waals surface area contributed by atoms with Crippen LogP contribution in [-0.4, -0.2) is 31.3 Å². The number of benzene rings is 2. The third-order valence-electron chi connectivity index (χ3n) is 3.61. The molecule has 0 heterocycles. The number of amides is 1. The Labute approximate surface area is 126 Å². The monoisotopic (exact) mass is 295 g/mol. The summed E-state index contributed by atoms with van der Waals surface area (Å²) in [6.07, 6.45) is 0. The van der Waals surface area contributed by atoms with Gasteiger partial charge in [0.2, 0.25) is 0 Å². The highest BCUT2D eigenvalue weighted by Gasteiger charge is 2.26. The molecule has 0 fully saturated rings. The molecule has 1 N–H and O–H groups in total. The van der Waals surface area contributed by atoms with Crippen LogP contribution in [0.25, 0.3) is 11.1 Å². The number of hydrogen-bond acceptors (Lipinski definition) is 4. The van der Waals surface area contributed by atoms with E-state index in [0.29, 0.717) is 16.7 Å². The predicted octanol–water partition coefficient (Wildman–Crippen LogP) is 1.80. The van der Waals surface area contributed by atoms with Crippen molar-refractivity contribution in [3.05, 3.63) is 59.2 Å². The van der Waals surface area contributed by atoms with E-state index in [0.717, 1.165) is 11.1 Å². The van der Waals surface area contributed by atoms with Crippen LogP contribution in [0.15, 0.2) is 42.5 Å². The molecule has 0 bridgehead atoms. The number of carbonyl (C=O) groups excluding carboxylic acids is 3. The van der Waals surface area contributed by atoms with Crippen LogP contribution in [0.1, 0.15) is 26.3 Å². The van der Waals surface area contributed by atoms with Gasteiger partial charge in [-0.25, -0.2) is 0 Å². The second-order valence-corrected chi connectivity index (χ2v) is 4.89. The molecule has 110 valence electrons. The topological polar surface area (TPSA) is 72.5 Å². The Morgan fingerprint density at radius 3 is 2.41 bits per heavy atom. The lowest BCUT2D eigenvalue weighted by atomic mass is 10.0. The number of hydrogen-bond donors (Lipinski definition) is 1. The zero-order chi connectivity index (χ0) is 15.7. The molecule has 0 unspecified atom stereocenters. The number of esters is 1. The maximum Gasteiger partial charge on any atom is 0.325 e. The fourth-order valence-corrected chi connectivity index (χ4v) is 2.49. The van der Waals surface area contributed by atoms with Crippen molar-refractivity contribution in [2.24, 2.45) is 0 Å². The van der Waals surface area contributed by atoms with Gasteiger partial charge in [0.05, 0.1) is 7.11 Å². The zero-order valence-electron chi connectivity index (χ0n) is 11.9. The van der Waals surface area contributed by atoms with Crippen molar-refractivity contribution in [1.82, 2.24) is 5.32 Å². The summed E-state index contributed by atoms with van der Waals surface area (Å²) in [5.41, 5.74) is 3.19. The summed E-state index contributed by atoms with van der Waals surface area (Å²) in [4.78, 5) is 35.4. The first-order chi connectivity index (χ1) is 10.6. The van der Waals surface area contributed by atoms with E-state index in [1.165, 1.54) is 7.11 Å². The first kappa shape index (κ1) is 14.0. The van der Waals surface area contributed by atoms with Gasteiger partial charge in [0, 0.05) is 16.7 Å². The van der Waals surface area contributed by atoms with Crippen LogP contribution < -0.4 is 5.32 Å². The van der Waals surface area contributed by atoms with Gasteiger partial charge in [-0.15, -0.1) is 0 Å². The van der Waals surface area contributed by atoms with E-state index in [-0.39, 0.29) is 18.2 Å². The Bertz CT molecular complexity index is 795. The minimum atomic E-state index is -0.518. The summed E-state index contributed by atoms with van der Waals surface area (Å²) < 4.78 is 4.47. The number of nitrogens with one attached hydrogen (secondary N) is 1. The molecule has 0 saturated carbocycles. The van der Waals surface area contributed by atoms with Gasteiger partial charge in [0.1, 0.15) is 6.54 Å². The van der Waals surface area contributed by atoms with Crippen LogP contribution in [0.5, 0.6) is 0 Å². The molecule has 0 aromatic heterocycles. The highest BCUT2D eigenvalue weighted by Crippen LogP contribution is 2.36. The standard InChI is InChI=1S/C17H13NO4/c1-22-15(19)9-18-17(21)10-6-7-13-14(8-10)11-4-2-3-5-12(11)16(13)20/h2-8H,9H2,1H3,(H,18,21). The molecule has 3 rings (SSSR count). The fourth-order valence-electron chi connectivity index (χ4n) is 2.49. The van der Waals surface area contributed by atoms with E-state index < -0.39 is 5.97 Å². The largest absolute Gasteiger partial charge is 0.468 e. The third kappa shape index (κ3) is 2.26. The smallest absolute Gasteiger partial charge is 0.325 e. The predicted molar refractivity (Wildman–Crippen MR) is 79.7 cm³/mol. The molecule has 22 heavy (non-hydrogen) atoms. The van der Waals surface area contributed by atoms with Gasteiger partial charge in [0.25, 0.3) is 5.91 Å². The molecule has 2 aromatic carbocycles. The zero-order valence-corrected chi connectivity index (χ0v) is 11.9. The molecule has 0 saturated heterocycles. The second kappa shape index (κ2) is 5.44. The number of ketones is 1. The van der Waals surface area contributed by atoms with Crippen LogP contribution in [0.3, 0.4) is 0 Å². The van der Waals surface area contributed by atoms with Crippen molar-refractivity contribution >= 4 is 17.7 Å². The van der Waals surface area contributed by atoms with Gasteiger partial charge in [0.15, 0.2) is 5.78 Å². The number of rotatable bonds is 3. The maximum atomic E-state index is 12.3. The Morgan fingerprint density at radius 2 is 1.68 bits per heavy atom. The van der Waals surface area contributed by atoms with Crippen LogP contribution in [-0.2, 0) is 9.53 Å². The molecule has 0 spiro atoms. The van der Waals surface area contributed by atoms with E-state index >= 15 is 0 Å².